The number of nitrogens with zero attached hydrogens (tertiary/aromatic N) is 1. The SMILES string of the molecule is OC(Cc1ccc(Br)cn1)c1cc(Cl)ccc1F. The fraction of sp³-hybridized carbons (Fsp3) is 0.154. The quantitative estimate of drug-likeness (QED) is 0.925. The summed E-state index contributed by atoms with van der Waals surface area (Å²) in [6, 6.07) is 7.72. The van der Waals surface area contributed by atoms with Crippen LogP contribution in [0.2, 0.25) is 5.02 Å². The average molecular weight is 331 g/mol. The van der Waals surface area contributed by atoms with E-state index in [9.17, 15) is 9.50 Å². The van der Waals surface area contributed by atoms with Crippen molar-refractivity contribution in [3.05, 3.63) is 63.1 Å². The smallest absolute Gasteiger partial charge is 0.129 e. The number of aromatic nitrogens is 1. The third-order valence-corrected chi connectivity index (χ3v) is 3.21. The van der Waals surface area contributed by atoms with Crippen molar-refractivity contribution in [2.24, 2.45) is 0 Å². The van der Waals surface area contributed by atoms with Gasteiger partial charge in [-0.2, -0.15) is 0 Å². The predicted molar refractivity (Wildman–Crippen MR) is 72.0 cm³/mol. The Morgan fingerprint density at radius 2 is 2.11 bits per heavy atom. The Labute approximate surface area is 118 Å². The van der Waals surface area contributed by atoms with Gasteiger partial charge in [0.25, 0.3) is 0 Å². The van der Waals surface area contributed by atoms with E-state index in [1.165, 1.54) is 18.2 Å². The highest BCUT2D eigenvalue weighted by atomic mass is 79.9. The van der Waals surface area contributed by atoms with Gasteiger partial charge in [-0.05, 0) is 46.3 Å². The van der Waals surface area contributed by atoms with E-state index < -0.39 is 11.9 Å². The third-order valence-electron chi connectivity index (χ3n) is 2.51. The molecule has 94 valence electrons. The van der Waals surface area contributed by atoms with Crippen LogP contribution in [0.15, 0.2) is 41.0 Å². The Morgan fingerprint density at radius 1 is 1.33 bits per heavy atom. The molecular formula is C13H10BrClFNO. The molecule has 1 N–H and O–H groups in total. The monoisotopic (exact) mass is 329 g/mol. The highest BCUT2D eigenvalue weighted by Crippen LogP contribution is 2.24. The zero-order chi connectivity index (χ0) is 13.1. The van der Waals surface area contributed by atoms with Crippen LogP contribution >= 0.6 is 27.5 Å². The van der Waals surface area contributed by atoms with E-state index >= 15 is 0 Å². The molecule has 1 aromatic carbocycles. The molecule has 0 aliphatic heterocycles. The summed E-state index contributed by atoms with van der Waals surface area (Å²) >= 11 is 9.06. The van der Waals surface area contributed by atoms with E-state index in [0.717, 1.165) is 4.47 Å². The summed E-state index contributed by atoms with van der Waals surface area (Å²) in [6.45, 7) is 0. The van der Waals surface area contributed by atoms with E-state index in [1.807, 2.05) is 6.07 Å². The molecule has 0 amide bonds. The summed E-state index contributed by atoms with van der Waals surface area (Å²) in [6.07, 6.45) is 0.915. The zero-order valence-corrected chi connectivity index (χ0v) is 11.6. The van der Waals surface area contributed by atoms with Crippen LogP contribution in [-0.2, 0) is 6.42 Å². The lowest BCUT2D eigenvalue weighted by Gasteiger charge is -2.12. The van der Waals surface area contributed by atoms with E-state index in [0.29, 0.717) is 10.7 Å². The molecule has 5 heteroatoms. The van der Waals surface area contributed by atoms with Gasteiger partial charge < -0.3 is 5.11 Å². The molecule has 0 radical (unpaired) electrons. The maximum absolute atomic E-state index is 13.5. The molecule has 1 heterocycles. The van der Waals surface area contributed by atoms with E-state index in [1.54, 1.807) is 12.3 Å². The largest absolute Gasteiger partial charge is 0.388 e. The number of rotatable bonds is 3. The van der Waals surface area contributed by atoms with Crippen molar-refractivity contribution in [3.63, 3.8) is 0 Å². The molecular weight excluding hydrogens is 321 g/mol. The van der Waals surface area contributed by atoms with Gasteiger partial charge in [0.1, 0.15) is 5.82 Å². The normalized spacial score (nSPS) is 12.4. The van der Waals surface area contributed by atoms with Crippen molar-refractivity contribution < 1.29 is 9.50 Å². The zero-order valence-electron chi connectivity index (χ0n) is 9.28. The number of hydrogen-bond acceptors (Lipinski definition) is 2. The maximum Gasteiger partial charge on any atom is 0.129 e. The van der Waals surface area contributed by atoms with Crippen LogP contribution in [0, 0.1) is 5.82 Å². The van der Waals surface area contributed by atoms with Gasteiger partial charge in [0.05, 0.1) is 6.10 Å². The Balaban J connectivity index is 2.18. The molecule has 0 fully saturated rings. The molecule has 2 nitrogen and oxygen atoms in total. The van der Waals surface area contributed by atoms with E-state index in [4.69, 9.17) is 11.6 Å². The van der Waals surface area contributed by atoms with Crippen LogP contribution in [0.4, 0.5) is 4.39 Å². The van der Waals surface area contributed by atoms with Crippen molar-refractivity contribution in [2.45, 2.75) is 12.5 Å². The van der Waals surface area contributed by atoms with Gasteiger partial charge in [-0.1, -0.05) is 11.6 Å². The van der Waals surface area contributed by atoms with Crippen molar-refractivity contribution >= 4 is 27.5 Å². The molecule has 0 saturated heterocycles. The predicted octanol–water partition coefficient (Wildman–Crippen LogP) is 3.91. The summed E-state index contributed by atoms with van der Waals surface area (Å²) < 4.78 is 14.4. The Kier molecular flexibility index (Phi) is 4.32. The van der Waals surface area contributed by atoms with Crippen LogP contribution < -0.4 is 0 Å². The van der Waals surface area contributed by atoms with Crippen LogP contribution in [0.25, 0.3) is 0 Å². The van der Waals surface area contributed by atoms with Crippen LogP contribution in [0.1, 0.15) is 17.4 Å². The van der Waals surface area contributed by atoms with Crippen molar-refractivity contribution in [1.82, 2.24) is 4.98 Å². The van der Waals surface area contributed by atoms with Crippen molar-refractivity contribution in [1.29, 1.82) is 0 Å². The molecule has 1 unspecified atom stereocenters. The van der Waals surface area contributed by atoms with Crippen molar-refractivity contribution in [2.75, 3.05) is 0 Å². The number of pyridine rings is 1. The van der Waals surface area contributed by atoms with Gasteiger partial charge in [-0.25, -0.2) is 4.39 Å². The topological polar surface area (TPSA) is 33.1 Å². The number of halogens is 3. The van der Waals surface area contributed by atoms with Gasteiger partial charge in [0, 0.05) is 33.4 Å². The van der Waals surface area contributed by atoms with E-state index in [-0.39, 0.29) is 12.0 Å². The summed E-state index contributed by atoms with van der Waals surface area (Å²) in [4.78, 5) is 4.13. The molecule has 0 spiro atoms. The van der Waals surface area contributed by atoms with Gasteiger partial charge in [0.2, 0.25) is 0 Å². The first-order valence-electron chi connectivity index (χ1n) is 5.29. The third kappa shape index (κ3) is 3.28. The molecule has 1 atom stereocenters. The standard InChI is InChI=1S/C13H10BrClFNO/c14-8-1-3-10(17-7-8)6-13(18)11-5-9(15)2-4-12(11)16/h1-5,7,13,18H,6H2. The lowest BCUT2D eigenvalue weighted by Crippen LogP contribution is -2.05. The Bertz CT molecular complexity index is 547. The highest BCUT2D eigenvalue weighted by Gasteiger charge is 2.14. The Morgan fingerprint density at radius 3 is 2.78 bits per heavy atom. The summed E-state index contributed by atoms with van der Waals surface area (Å²) in [5.74, 6) is -0.469. The first kappa shape index (κ1) is 13.5. The van der Waals surface area contributed by atoms with Crippen LogP contribution in [-0.4, -0.2) is 10.1 Å². The number of benzene rings is 1. The second-order valence-electron chi connectivity index (χ2n) is 3.85. The average Bonchev–Trinajstić information content (AvgIpc) is 2.35. The molecule has 2 rings (SSSR count). The highest BCUT2D eigenvalue weighted by molar-refractivity contribution is 9.10. The second kappa shape index (κ2) is 5.78. The second-order valence-corrected chi connectivity index (χ2v) is 5.21. The minimum atomic E-state index is -0.961. The number of aliphatic hydroxyl groups excluding tert-OH is 1. The summed E-state index contributed by atoms with van der Waals surface area (Å²) in [7, 11) is 0. The van der Waals surface area contributed by atoms with Gasteiger partial charge in [-0.15, -0.1) is 0 Å². The number of hydrogen-bond donors (Lipinski definition) is 1. The van der Waals surface area contributed by atoms with Gasteiger partial charge in [-0.3, -0.25) is 4.98 Å². The lowest BCUT2D eigenvalue weighted by molar-refractivity contribution is 0.172. The maximum atomic E-state index is 13.5. The minimum Gasteiger partial charge on any atom is -0.388 e. The van der Waals surface area contributed by atoms with Crippen molar-refractivity contribution in [3.8, 4) is 0 Å². The fourth-order valence-electron chi connectivity index (χ4n) is 1.61. The van der Waals surface area contributed by atoms with E-state index in [2.05, 4.69) is 20.9 Å². The molecule has 0 aliphatic rings. The molecule has 0 aliphatic carbocycles. The first-order valence-corrected chi connectivity index (χ1v) is 6.47. The van der Waals surface area contributed by atoms with Crippen LogP contribution in [0.5, 0.6) is 0 Å². The summed E-state index contributed by atoms with van der Waals surface area (Å²) in [5.41, 5.74) is 0.872. The minimum absolute atomic E-state index is 0.187. The number of aliphatic hydroxyl groups is 1. The fourth-order valence-corrected chi connectivity index (χ4v) is 2.02. The Hall–Kier alpha value is -0.970. The summed E-state index contributed by atoms with van der Waals surface area (Å²) in [5, 5.41) is 10.4. The first-order chi connectivity index (χ1) is 8.56. The molecule has 0 bridgehead atoms. The molecule has 18 heavy (non-hydrogen) atoms. The molecule has 1 aromatic heterocycles. The molecule has 0 saturated carbocycles. The lowest BCUT2D eigenvalue weighted by atomic mass is 10.0. The van der Waals surface area contributed by atoms with Crippen LogP contribution in [0.3, 0.4) is 0 Å². The van der Waals surface area contributed by atoms with Gasteiger partial charge >= 0.3 is 0 Å². The van der Waals surface area contributed by atoms with Gasteiger partial charge in [0.15, 0.2) is 0 Å². The molecule has 2 aromatic rings.